The van der Waals surface area contributed by atoms with Crippen molar-refractivity contribution in [2.75, 3.05) is 18.4 Å². The van der Waals surface area contributed by atoms with Gasteiger partial charge in [0.2, 0.25) is 11.8 Å². The number of nitrogens with one attached hydrogen (secondary N) is 1. The molecule has 1 aromatic heterocycles. The molecule has 1 aliphatic heterocycles. The molecule has 2 heterocycles. The summed E-state index contributed by atoms with van der Waals surface area (Å²) in [5.41, 5.74) is 1.22. The van der Waals surface area contributed by atoms with Gasteiger partial charge in [0.05, 0.1) is 10.0 Å². The van der Waals surface area contributed by atoms with Gasteiger partial charge in [-0.3, -0.25) is 4.79 Å². The van der Waals surface area contributed by atoms with E-state index in [2.05, 4.69) is 15.5 Å². The number of halogens is 2. The van der Waals surface area contributed by atoms with Gasteiger partial charge in [-0.25, -0.2) is 0 Å². The summed E-state index contributed by atoms with van der Waals surface area (Å²) in [5.74, 6) is 0.383. The third-order valence-electron chi connectivity index (χ3n) is 5.39. The highest BCUT2D eigenvalue weighted by Gasteiger charge is 2.45. The van der Waals surface area contributed by atoms with Gasteiger partial charge >= 0.3 is 6.01 Å². The van der Waals surface area contributed by atoms with Gasteiger partial charge < -0.3 is 14.6 Å². The molecule has 1 saturated heterocycles. The summed E-state index contributed by atoms with van der Waals surface area (Å²) in [5, 5.41) is 11.9. The molecule has 26 heavy (non-hydrogen) atoms. The number of hydrogen-bond acceptors (Lipinski definition) is 5. The first-order chi connectivity index (χ1) is 12.5. The molecule has 2 aliphatic rings. The van der Waals surface area contributed by atoms with E-state index in [9.17, 15) is 4.79 Å². The van der Waals surface area contributed by atoms with Crippen molar-refractivity contribution in [1.29, 1.82) is 0 Å². The van der Waals surface area contributed by atoms with Crippen LogP contribution < -0.4 is 5.32 Å². The van der Waals surface area contributed by atoms with Crippen molar-refractivity contribution in [3.63, 3.8) is 0 Å². The quantitative estimate of drug-likeness (QED) is 0.838. The molecule has 1 aliphatic carbocycles. The molecule has 0 radical (unpaired) electrons. The van der Waals surface area contributed by atoms with Crippen molar-refractivity contribution in [3.05, 3.63) is 28.2 Å². The minimum Gasteiger partial charge on any atom is -0.403 e. The summed E-state index contributed by atoms with van der Waals surface area (Å²) in [6.07, 6.45) is 4.88. The van der Waals surface area contributed by atoms with Gasteiger partial charge in [-0.1, -0.05) is 28.3 Å². The van der Waals surface area contributed by atoms with Gasteiger partial charge in [-0.15, -0.1) is 5.10 Å². The highest BCUT2D eigenvalue weighted by molar-refractivity contribution is 6.42. The molecule has 6 nitrogen and oxygen atoms in total. The van der Waals surface area contributed by atoms with Crippen LogP contribution >= 0.6 is 23.2 Å². The SMILES string of the molecule is C[C@@H](Nc1nnc(-c2ccc(Cl)c(Cl)c2)o1)C(=O)N1CCC2(CC1)CC2. The zero-order chi connectivity index (χ0) is 18.3. The lowest BCUT2D eigenvalue weighted by Crippen LogP contribution is -2.45. The van der Waals surface area contributed by atoms with Crippen LogP contribution in [-0.4, -0.2) is 40.1 Å². The Labute approximate surface area is 161 Å². The van der Waals surface area contributed by atoms with E-state index in [0.717, 1.165) is 25.9 Å². The predicted octanol–water partition coefficient (Wildman–Crippen LogP) is 4.25. The summed E-state index contributed by atoms with van der Waals surface area (Å²) in [6, 6.07) is 4.87. The normalized spacial score (nSPS) is 19.4. The van der Waals surface area contributed by atoms with Crippen LogP contribution in [0.15, 0.2) is 22.6 Å². The summed E-state index contributed by atoms with van der Waals surface area (Å²) in [7, 11) is 0. The third-order valence-corrected chi connectivity index (χ3v) is 6.13. The van der Waals surface area contributed by atoms with E-state index in [1.807, 2.05) is 11.8 Å². The van der Waals surface area contributed by atoms with Crippen LogP contribution in [0, 0.1) is 5.41 Å². The molecular weight excluding hydrogens is 375 g/mol. The zero-order valence-corrected chi connectivity index (χ0v) is 16.0. The van der Waals surface area contributed by atoms with Crippen LogP contribution in [0.3, 0.4) is 0 Å². The molecule has 2 fully saturated rings. The maximum atomic E-state index is 12.6. The van der Waals surface area contributed by atoms with Crippen molar-refractivity contribution >= 4 is 35.1 Å². The van der Waals surface area contributed by atoms with Crippen molar-refractivity contribution in [1.82, 2.24) is 15.1 Å². The van der Waals surface area contributed by atoms with E-state index < -0.39 is 6.04 Å². The van der Waals surface area contributed by atoms with Crippen molar-refractivity contribution in [2.24, 2.45) is 5.41 Å². The van der Waals surface area contributed by atoms with E-state index in [1.165, 1.54) is 12.8 Å². The fourth-order valence-electron chi connectivity index (χ4n) is 3.43. The smallest absolute Gasteiger partial charge is 0.316 e. The molecule has 1 spiro atoms. The monoisotopic (exact) mass is 394 g/mol. The van der Waals surface area contributed by atoms with E-state index in [4.69, 9.17) is 27.6 Å². The first kappa shape index (κ1) is 17.6. The maximum Gasteiger partial charge on any atom is 0.316 e. The van der Waals surface area contributed by atoms with E-state index >= 15 is 0 Å². The minimum absolute atomic E-state index is 0.0646. The molecule has 8 heteroatoms. The number of carbonyl (C=O) groups excluding carboxylic acids is 1. The number of piperidine rings is 1. The number of nitrogens with zero attached hydrogens (tertiary/aromatic N) is 3. The van der Waals surface area contributed by atoms with Crippen LogP contribution in [0.5, 0.6) is 0 Å². The van der Waals surface area contributed by atoms with Crippen molar-refractivity contribution in [3.8, 4) is 11.5 Å². The second kappa shape index (κ2) is 6.74. The second-order valence-electron chi connectivity index (χ2n) is 7.23. The standard InChI is InChI=1S/C18H20Cl2N4O2/c1-11(16(25)24-8-6-18(4-5-18)7-9-24)21-17-23-22-15(26-17)12-2-3-13(19)14(20)10-12/h2-3,10-11H,4-9H2,1H3,(H,21,23)/t11-/m1/s1. The van der Waals surface area contributed by atoms with Crippen LogP contribution in [0.4, 0.5) is 6.01 Å². The Kier molecular flexibility index (Phi) is 4.57. The van der Waals surface area contributed by atoms with Gasteiger partial charge in [-0.05, 0) is 56.2 Å². The highest BCUT2D eigenvalue weighted by atomic mass is 35.5. The largest absolute Gasteiger partial charge is 0.403 e. The summed E-state index contributed by atoms with van der Waals surface area (Å²) >= 11 is 11.9. The van der Waals surface area contributed by atoms with Crippen LogP contribution in [0.25, 0.3) is 11.5 Å². The average Bonchev–Trinajstić information content (AvgIpc) is 3.22. The molecule has 1 atom stereocenters. The number of amides is 1. The van der Waals surface area contributed by atoms with Crippen molar-refractivity contribution in [2.45, 2.75) is 38.6 Å². The number of aromatic nitrogens is 2. The number of benzene rings is 1. The minimum atomic E-state index is -0.426. The van der Waals surface area contributed by atoms with Gasteiger partial charge in [0.25, 0.3) is 0 Å². The molecule has 1 saturated carbocycles. The van der Waals surface area contributed by atoms with Gasteiger partial charge in [-0.2, -0.15) is 0 Å². The van der Waals surface area contributed by atoms with Crippen molar-refractivity contribution < 1.29 is 9.21 Å². The molecule has 1 aromatic carbocycles. The summed E-state index contributed by atoms with van der Waals surface area (Å²) < 4.78 is 5.61. The van der Waals surface area contributed by atoms with Gasteiger partial charge in [0.15, 0.2) is 0 Å². The van der Waals surface area contributed by atoms with E-state index in [0.29, 0.717) is 26.9 Å². The van der Waals surface area contributed by atoms with Crippen LogP contribution in [0.2, 0.25) is 10.0 Å². The Bertz CT molecular complexity index is 824. The van der Waals surface area contributed by atoms with E-state index in [1.54, 1.807) is 18.2 Å². The number of anilines is 1. The Morgan fingerprint density at radius 2 is 1.92 bits per heavy atom. The molecule has 1 amide bonds. The molecule has 0 bridgehead atoms. The number of likely N-dealkylation sites (tertiary alicyclic amines) is 1. The Hall–Kier alpha value is -1.79. The topological polar surface area (TPSA) is 71.3 Å². The van der Waals surface area contributed by atoms with Crippen LogP contribution in [0.1, 0.15) is 32.6 Å². The lowest BCUT2D eigenvalue weighted by atomic mass is 9.93. The fourth-order valence-corrected chi connectivity index (χ4v) is 3.72. The molecule has 4 rings (SSSR count). The average molecular weight is 395 g/mol. The van der Waals surface area contributed by atoms with E-state index in [-0.39, 0.29) is 11.9 Å². The summed E-state index contributed by atoms with van der Waals surface area (Å²) in [6.45, 7) is 3.49. The number of rotatable bonds is 4. The second-order valence-corrected chi connectivity index (χ2v) is 8.05. The van der Waals surface area contributed by atoms with Gasteiger partial charge in [0, 0.05) is 18.7 Å². The Morgan fingerprint density at radius 1 is 1.19 bits per heavy atom. The Morgan fingerprint density at radius 3 is 2.58 bits per heavy atom. The highest BCUT2D eigenvalue weighted by Crippen LogP contribution is 2.53. The molecule has 1 N–H and O–H groups in total. The predicted molar refractivity (Wildman–Crippen MR) is 100 cm³/mol. The zero-order valence-electron chi connectivity index (χ0n) is 14.5. The van der Waals surface area contributed by atoms with Gasteiger partial charge in [0.1, 0.15) is 6.04 Å². The number of carbonyl (C=O) groups is 1. The first-order valence-corrected chi connectivity index (χ1v) is 9.56. The third kappa shape index (κ3) is 3.53. The molecule has 138 valence electrons. The fraction of sp³-hybridized carbons (Fsp3) is 0.500. The lowest BCUT2D eigenvalue weighted by Gasteiger charge is -2.33. The summed E-state index contributed by atoms with van der Waals surface area (Å²) in [4.78, 5) is 14.6. The maximum absolute atomic E-state index is 12.6. The first-order valence-electron chi connectivity index (χ1n) is 8.80. The van der Waals surface area contributed by atoms with Crippen LogP contribution in [-0.2, 0) is 4.79 Å². The Balaban J connectivity index is 1.38. The lowest BCUT2D eigenvalue weighted by molar-refractivity contribution is -0.133. The number of hydrogen-bond donors (Lipinski definition) is 1. The molecular formula is C18H20Cl2N4O2. The molecule has 2 aromatic rings. The molecule has 0 unspecified atom stereocenters.